The molecule has 2 N–H and O–H groups in total. The molecule has 96 valence electrons. The fourth-order valence-corrected chi connectivity index (χ4v) is 1.91. The minimum Gasteiger partial charge on any atom is -0.420 e. The first-order valence-corrected chi connectivity index (χ1v) is 5.82. The summed E-state index contributed by atoms with van der Waals surface area (Å²) in [5.74, 6) is 1.13. The van der Waals surface area contributed by atoms with Gasteiger partial charge in [-0.2, -0.15) is 5.10 Å². The fraction of sp³-hybridized carbons (Fsp3) is 0.154. The Morgan fingerprint density at radius 1 is 1.21 bits per heavy atom. The van der Waals surface area contributed by atoms with Gasteiger partial charge in [-0.25, -0.2) is 14.6 Å². The lowest BCUT2D eigenvalue weighted by Crippen LogP contribution is -1.98. The summed E-state index contributed by atoms with van der Waals surface area (Å²) in [6, 6.07) is 7.29. The van der Waals surface area contributed by atoms with Gasteiger partial charge in [0.25, 0.3) is 0 Å². The van der Waals surface area contributed by atoms with Gasteiger partial charge in [0.05, 0.1) is 16.6 Å². The minimum atomic E-state index is 0.494. The van der Waals surface area contributed by atoms with Crippen LogP contribution in [0.4, 0.5) is 5.69 Å². The predicted octanol–water partition coefficient (Wildman–Crippen LogP) is 2.05. The summed E-state index contributed by atoms with van der Waals surface area (Å²) in [5, 5.41) is 5.05. The van der Waals surface area contributed by atoms with Crippen LogP contribution < -0.4 is 10.5 Å². The van der Waals surface area contributed by atoms with Gasteiger partial charge in [-0.3, -0.25) is 0 Å². The summed E-state index contributed by atoms with van der Waals surface area (Å²) < 4.78 is 7.46. The molecule has 0 fully saturated rings. The lowest BCUT2D eigenvalue weighted by molar-refractivity contribution is 0.420. The van der Waals surface area contributed by atoms with Gasteiger partial charge in [0.1, 0.15) is 6.33 Å². The third-order valence-electron chi connectivity index (χ3n) is 2.78. The topological polar surface area (TPSA) is 78.9 Å². The van der Waals surface area contributed by atoms with Crippen LogP contribution in [0.25, 0.3) is 10.9 Å². The number of aromatic nitrogens is 4. The largest absolute Gasteiger partial charge is 0.420 e. The molecule has 2 aromatic heterocycles. The number of fused-ring (bicyclic) bond motifs is 1. The normalized spacial score (nSPS) is 10.8. The Morgan fingerprint density at radius 3 is 2.79 bits per heavy atom. The number of aryl methyl sites for hydroxylation is 2. The Morgan fingerprint density at radius 2 is 2.05 bits per heavy atom. The van der Waals surface area contributed by atoms with E-state index in [2.05, 4.69) is 15.1 Å². The van der Waals surface area contributed by atoms with Crippen LogP contribution in [0.1, 0.15) is 5.69 Å². The maximum absolute atomic E-state index is 5.79. The van der Waals surface area contributed by atoms with Crippen molar-refractivity contribution in [2.75, 3.05) is 5.73 Å². The molecule has 6 heteroatoms. The Kier molecular flexibility index (Phi) is 2.56. The monoisotopic (exact) mass is 255 g/mol. The first-order valence-electron chi connectivity index (χ1n) is 5.82. The van der Waals surface area contributed by atoms with E-state index in [0.717, 1.165) is 16.6 Å². The number of hydrogen-bond donors (Lipinski definition) is 1. The van der Waals surface area contributed by atoms with Crippen LogP contribution in [-0.4, -0.2) is 19.7 Å². The van der Waals surface area contributed by atoms with Crippen LogP contribution in [0.3, 0.4) is 0 Å². The predicted molar refractivity (Wildman–Crippen MR) is 72.0 cm³/mol. The molecule has 0 radical (unpaired) electrons. The smallest absolute Gasteiger partial charge is 0.232 e. The van der Waals surface area contributed by atoms with Crippen LogP contribution in [0.2, 0.25) is 0 Å². The van der Waals surface area contributed by atoms with E-state index in [1.165, 1.54) is 6.33 Å². The lowest BCUT2D eigenvalue weighted by Gasteiger charge is -2.07. The number of nitrogens with two attached hydrogens (primary N) is 1. The number of rotatable bonds is 2. The van der Waals surface area contributed by atoms with E-state index < -0.39 is 0 Å². The van der Waals surface area contributed by atoms with Gasteiger partial charge in [-0.1, -0.05) is 0 Å². The number of hydrogen-bond acceptors (Lipinski definition) is 5. The van der Waals surface area contributed by atoms with Crippen molar-refractivity contribution >= 4 is 16.6 Å². The van der Waals surface area contributed by atoms with E-state index in [1.54, 1.807) is 16.8 Å². The molecule has 0 aliphatic rings. The van der Waals surface area contributed by atoms with E-state index in [-0.39, 0.29) is 0 Å². The van der Waals surface area contributed by atoms with Crippen molar-refractivity contribution < 1.29 is 4.74 Å². The summed E-state index contributed by atoms with van der Waals surface area (Å²) in [6.45, 7) is 1.91. The first kappa shape index (κ1) is 11.5. The molecule has 0 saturated carbocycles. The van der Waals surface area contributed by atoms with Crippen LogP contribution >= 0.6 is 0 Å². The van der Waals surface area contributed by atoms with Crippen molar-refractivity contribution in [3.63, 3.8) is 0 Å². The van der Waals surface area contributed by atoms with Crippen molar-refractivity contribution in [3.8, 4) is 11.8 Å². The van der Waals surface area contributed by atoms with E-state index in [4.69, 9.17) is 10.5 Å². The Labute approximate surface area is 109 Å². The van der Waals surface area contributed by atoms with Crippen LogP contribution in [-0.2, 0) is 7.05 Å². The molecule has 0 aliphatic carbocycles. The summed E-state index contributed by atoms with van der Waals surface area (Å²) in [7, 11) is 1.82. The third kappa shape index (κ3) is 2.08. The van der Waals surface area contributed by atoms with Crippen molar-refractivity contribution in [2.24, 2.45) is 7.05 Å². The second-order valence-electron chi connectivity index (χ2n) is 4.31. The van der Waals surface area contributed by atoms with E-state index >= 15 is 0 Å². The summed E-state index contributed by atoms with van der Waals surface area (Å²) in [4.78, 5) is 8.35. The molecule has 0 aliphatic heterocycles. The minimum absolute atomic E-state index is 0.494. The molecule has 0 bridgehead atoms. The SMILES string of the molecule is Cc1cc(Oc2ncnc3cc(N)ccc23)n(C)n1. The summed E-state index contributed by atoms with van der Waals surface area (Å²) in [5.41, 5.74) is 8.04. The molecule has 3 rings (SSSR count). The molecule has 0 amide bonds. The van der Waals surface area contributed by atoms with Crippen molar-refractivity contribution in [1.29, 1.82) is 0 Å². The number of nitrogen functional groups attached to an aromatic ring is 1. The Bertz CT molecular complexity index is 750. The highest BCUT2D eigenvalue weighted by molar-refractivity contribution is 5.85. The zero-order valence-corrected chi connectivity index (χ0v) is 10.7. The quantitative estimate of drug-likeness (QED) is 0.709. The van der Waals surface area contributed by atoms with E-state index in [1.807, 2.05) is 26.1 Å². The van der Waals surface area contributed by atoms with Gasteiger partial charge >= 0.3 is 0 Å². The number of ether oxygens (including phenoxy) is 1. The molecule has 0 spiro atoms. The highest BCUT2D eigenvalue weighted by Crippen LogP contribution is 2.27. The van der Waals surface area contributed by atoms with Crippen molar-refractivity contribution in [3.05, 3.63) is 36.3 Å². The molecule has 6 nitrogen and oxygen atoms in total. The highest BCUT2D eigenvalue weighted by atomic mass is 16.5. The summed E-state index contributed by atoms with van der Waals surface area (Å²) in [6.07, 6.45) is 1.46. The Hall–Kier alpha value is -2.63. The van der Waals surface area contributed by atoms with E-state index in [0.29, 0.717) is 17.4 Å². The molecular formula is C13H13N5O. The molecule has 3 aromatic rings. The average molecular weight is 255 g/mol. The summed E-state index contributed by atoms with van der Waals surface area (Å²) >= 11 is 0. The standard InChI is InChI=1S/C13H13N5O/c1-8-5-12(18(2)17-8)19-13-10-4-3-9(14)6-11(10)15-7-16-13/h3-7H,14H2,1-2H3. The molecule has 2 heterocycles. The molecule has 19 heavy (non-hydrogen) atoms. The van der Waals surface area contributed by atoms with Gasteiger partial charge in [0, 0.05) is 18.8 Å². The number of benzene rings is 1. The van der Waals surface area contributed by atoms with Gasteiger partial charge < -0.3 is 10.5 Å². The fourth-order valence-electron chi connectivity index (χ4n) is 1.91. The zero-order valence-electron chi connectivity index (χ0n) is 10.7. The first-order chi connectivity index (χ1) is 9.13. The van der Waals surface area contributed by atoms with Gasteiger partial charge in [-0.15, -0.1) is 0 Å². The van der Waals surface area contributed by atoms with Crippen LogP contribution in [0, 0.1) is 6.92 Å². The third-order valence-corrected chi connectivity index (χ3v) is 2.78. The second kappa shape index (κ2) is 4.24. The maximum atomic E-state index is 5.79. The van der Waals surface area contributed by atoms with Gasteiger partial charge in [0.15, 0.2) is 0 Å². The average Bonchev–Trinajstić information content (AvgIpc) is 2.68. The second-order valence-corrected chi connectivity index (χ2v) is 4.31. The molecule has 0 unspecified atom stereocenters. The van der Waals surface area contributed by atoms with Crippen molar-refractivity contribution in [1.82, 2.24) is 19.7 Å². The number of nitrogens with zero attached hydrogens (tertiary/aromatic N) is 4. The van der Waals surface area contributed by atoms with E-state index in [9.17, 15) is 0 Å². The molecule has 0 atom stereocenters. The molecular weight excluding hydrogens is 242 g/mol. The van der Waals surface area contributed by atoms with Crippen LogP contribution in [0.5, 0.6) is 11.8 Å². The molecule has 0 saturated heterocycles. The van der Waals surface area contributed by atoms with Gasteiger partial charge in [0.2, 0.25) is 11.8 Å². The number of anilines is 1. The lowest BCUT2D eigenvalue weighted by atomic mass is 10.2. The maximum Gasteiger partial charge on any atom is 0.232 e. The van der Waals surface area contributed by atoms with Gasteiger partial charge in [-0.05, 0) is 25.1 Å². The molecule has 1 aromatic carbocycles. The highest BCUT2D eigenvalue weighted by Gasteiger charge is 2.09. The van der Waals surface area contributed by atoms with Crippen molar-refractivity contribution in [2.45, 2.75) is 6.92 Å². The van der Waals surface area contributed by atoms with Crippen LogP contribution in [0.15, 0.2) is 30.6 Å². The zero-order chi connectivity index (χ0) is 13.4. The Balaban J connectivity index is 2.08.